The quantitative estimate of drug-likeness (QED) is 0.872. The van der Waals surface area contributed by atoms with E-state index in [4.69, 9.17) is 5.73 Å². The van der Waals surface area contributed by atoms with Gasteiger partial charge in [-0.05, 0) is 58.1 Å². The van der Waals surface area contributed by atoms with E-state index in [-0.39, 0.29) is 0 Å². The maximum absolute atomic E-state index is 12.3. The first-order valence-electron chi connectivity index (χ1n) is 5.04. The molecule has 5 heteroatoms. The van der Waals surface area contributed by atoms with Crippen molar-refractivity contribution in [2.24, 2.45) is 0 Å². The van der Waals surface area contributed by atoms with Crippen LogP contribution in [0.25, 0.3) is 0 Å². The Morgan fingerprint density at radius 1 is 1.41 bits per heavy atom. The van der Waals surface area contributed by atoms with Crippen LogP contribution in [-0.2, 0) is 16.6 Å². The van der Waals surface area contributed by atoms with Gasteiger partial charge in [-0.15, -0.1) is 11.3 Å². The summed E-state index contributed by atoms with van der Waals surface area (Å²) in [4.78, 5) is 1.97. The summed E-state index contributed by atoms with van der Waals surface area (Å²) in [6.45, 7) is 1.94. The fraction of sp³-hybridized carbons (Fsp3) is 0.167. The zero-order valence-electron chi connectivity index (χ0n) is 9.27. The van der Waals surface area contributed by atoms with Crippen molar-refractivity contribution in [2.75, 3.05) is 5.73 Å². The van der Waals surface area contributed by atoms with E-state index in [2.05, 4.69) is 15.9 Å². The molecule has 0 aliphatic heterocycles. The third kappa shape index (κ3) is 2.97. The predicted octanol–water partition coefficient (Wildman–Crippen LogP) is 3.71. The van der Waals surface area contributed by atoms with Gasteiger partial charge in [0.15, 0.2) is 0 Å². The molecule has 0 saturated heterocycles. The highest BCUT2D eigenvalue weighted by Crippen LogP contribution is 2.26. The van der Waals surface area contributed by atoms with Crippen LogP contribution in [0.5, 0.6) is 0 Å². The fourth-order valence-corrected chi connectivity index (χ4v) is 4.80. The molecule has 1 unspecified atom stereocenters. The van der Waals surface area contributed by atoms with Gasteiger partial charge in [0, 0.05) is 19.9 Å². The first-order valence-corrected chi connectivity index (χ1v) is 8.03. The molecule has 1 atom stereocenters. The summed E-state index contributed by atoms with van der Waals surface area (Å²) in [5.74, 6) is 0.545. The summed E-state index contributed by atoms with van der Waals surface area (Å²) >= 11 is 5.07. The molecule has 2 aromatic rings. The molecule has 1 aromatic heterocycles. The molecule has 2 nitrogen and oxygen atoms in total. The number of hydrogen-bond donors (Lipinski definition) is 1. The lowest BCUT2D eigenvalue weighted by molar-refractivity contribution is 0.682. The highest BCUT2D eigenvalue weighted by atomic mass is 79.9. The number of aryl methyl sites for hydroxylation is 1. The zero-order chi connectivity index (χ0) is 12.4. The average Bonchev–Trinajstić information content (AvgIpc) is 2.64. The van der Waals surface area contributed by atoms with Crippen LogP contribution >= 0.6 is 27.3 Å². The topological polar surface area (TPSA) is 43.1 Å². The molecule has 0 saturated carbocycles. The van der Waals surface area contributed by atoms with Crippen LogP contribution in [0.1, 0.15) is 10.4 Å². The fourth-order valence-electron chi connectivity index (χ4n) is 1.55. The number of halogens is 1. The standard InChI is InChI=1S/C12H12BrNOS2/c1-8-6-9(14)2-3-12(8)17(15)7-11-10(13)4-5-16-11/h2-6H,7,14H2,1H3. The second kappa shape index (κ2) is 5.33. The molecule has 0 spiro atoms. The third-order valence-electron chi connectivity index (χ3n) is 2.40. The minimum atomic E-state index is -1.02. The maximum atomic E-state index is 12.3. The lowest BCUT2D eigenvalue weighted by Gasteiger charge is -2.06. The van der Waals surface area contributed by atoms with Gasteiger partial charge in [0.2, 0.25) is 0 Å². The largest absolute Gasteiger partial charge is 0.399 e. The number of anilines is 1. The van der Waals surface area contributed by atoms with Crippen molar-refractivity contribution < 1.29 is 4.21 Å². The van der Waals surface area contributed by atoms with Crippen LogP contribution in [0.3, 0.4) is 0 Å². The maximum Gasteiger partial charge on any atom is 0.0638 e. The molecule has 17 heavy (non-hydrogen) atoms. The summed E-state index contributed by atoms with van der Waals surface area (Å²) in [6, 6.07) is 7.48. The van der Waals surface area contributed by atoms with Crippen LogP contribution in [0.2, 0.25) is 0 Å². The molecule has 0 amide bonds. The molecule has 0 aliphatic carbocycles. The van der Waals surface area contributed by atoms with Crippen molar-refractivity contribution in [3.8, 4) is 0 Å². The molecule has 90 valence electrons. The van der Waals surface area contributed by atoms with Gasteiger partial charge < -0.3 is 5.73 Å². The molecule has 0 bridgehead atoms. The Hall–Kier alpha value is -0.650. The first-order chi connectivity index (χ1) is 8.08. The monoisotopic (exact) mass is 329 g/mol. The molecule has 1 aromatic carbocycles. The average molecular weight is 330 g/mol. The lowest BCUT2D eigenvalue weighted by Crippen LogP contribution is -1.99. The normalized spacial score (nSPS) is 12.6. The summed E-state index contributed by atoms with van der Waals surface area (Å²) in [6.07, 6.45) is 0. The molecule has 2 rings (SSSR count). The SMILES string of the molecule is Cc1cc(N)ccc1S(=O)Cc1sccc1Br. The smallest absolute Gasteiger partial charge is 0.0638 e. The summed E-state index contributed by atoms with van der Waals surface area (Å²) < 4.78 is 13.3. The van der Waals surface area contributed by atoms with Crippen molar-refractivity contribution >= 4 is 43.8 Å². The molecular formula is C12H12BrNOS2. The Morgan fingerprint density at radius 3 is 2.76 bits per heavy atom. The Morgan fingerprint density at radius 2 is 2.18 bits per heavy atom. The van der Waals surface area contributed by atoms with Crippen molar-refractivity contribution in [3.05, 3.63) is 44.6 Å². The van der Waals surface area contributed by atoms with Crippen LogP contribution in [-0.4, -0.2) is 4.21 Å². The van der Waals surface area contributed by atoms with Gasteiger partial charge >= 0.3 is 0 Å². The summed E-state index contributed by atoms with van der Waals surface area (Å²) in [5.41, 5.74) is 7.37. The highest BCUT2D eigenvalue weighted by molar-refractivity contribution is 9.10. The zero-order valence-corrected chi connectivity index (χ0v) is 12.5. The third-order valence-corrected chi connectivity index (χ3v) is 6.01. The summed E-state index contributed by atoms with van der Waals surface area (Å²) in [7, 11) is -1.02. The second-order valence-corrected chi connectivity index (χ2v) is 6.98. The van der Waals surface area contributed by atoms with E-state index in [9.17, 15) is 4.21 Å². The van der Waals surface area contributed by atoms with Crippen molar-refractivity contribution in [3.63, 3.8) is 0 Å². The van der Waals surface area contributed by atoms with Gasteiger partial charge in [0.05, 0.1) is 16.6 Å². The number of hydrogen-bond acceptors (Lipinski definition) is 3. The number of thiophene rings is 1. The highest BCUT2D eigenvalue weighted by Gasteiger charge is 2.11. The lowest BCUT2D eigenvalue weighted by atomic mass is 10.2. The Balaban J connectivity index is 2.23. The molecule has 0 fully saturated rings. The van der Waals surface area contributed by atoms with E-state index in [0.29, 0.717) is 11.4 Å². The van der Waals surface area contributed by atoms with E-state index >= 15 is 0 Å². The van der Waals surface area contributed by atoms with Gasteiger partial charge in [-0.25, -0.2) is 0 Å². The van der Waals surface area contributed by atoms with Gasteiger partial charge in [-0.2, -0.15) is 0 Å². The van der Waals surface area contributed by atoms with E-state index in [1.54, 1.807) is 17.4 Å². The molecule has 1 heterocycles. The van der Waals surface area contributed by atoms with Crippen LogP contribution < -0.4 is 5.73 Å². The van der Waals surface area contributed by atoms with Gasteiger partial charge in [-0.1, -0.05) is 0 Å². The van der Waals surface area contributed by atoms with Crippen molar-refractivity contribution in [1.82, 2.24) is 0 Å². The molecule has 0 aliphatic rings. The molecule has 0 radical (unpaired) electrons. The van der Waals surface area contributed by atoms with Crippen LogP contribution in [0.15, 0.2) is 39.0 Å². The minimum Gasteiger partial charge on any atom is -0.399 e. The van der Waals surface area contributed by atoms with Gasteiger partial charge in [0.1, 0.15) is 0 Å². The van der Waals surface area contributed by atoms with E-state index in [0.717, 1.165) is 19.8 Å². The van der Waals surface area contributed by atoms with Crippen molar-refractivity contribution in [2.45, 2.75) is 17.6 Å². The van der Waals surface area contributed by atoms with Crippen LogP contribution in [0, 0.1) is 6.92 Å². The number of rotatable bonds is 3. The Kier molecular flexibility index (Phi) is 4.01. The molecular weight excluding hydrogens is 318 g/mol. The summed E-state index contributed by atoms with van der Waals surface area (Å²) in [5, 5.41) is 1.99. The number of nitrogens with two attached hydrogens (primary N) is 1. The van der Waals surface area contributed by atoms with Gasteiger partial charge in [0.25, 0.3) is 0 Å². The molecule has 2 N–H and O–H groups in total. The second-order valence-electron chi connectivity index (χ2n) is 3.71. The van der Waals surface area contributed by atoms with Crippen LogP contribution in [0.4, 0.5) is 5.69 Å². The predicted molar refractivity (Wildman–Crippen MR) is 77.7 cm³/mol. The minimum absolute atomic E-state index is 0.545. The van der Waals surface area contributed by atoms with Gasteiger partial charge in [-0.3, -0.25) is 4.21 Å². The Bertz CT molecular complexity index is 565. The number of nitrogen functional groups attached to an aromatic ring is 1. The number of benzene rings is 1. The van der Waals surface area contributed by atoms with Crippen molar-refractivity contribution in [1.29, 1.82) is 0 Å². The first kappa shape index (κ1) is 12.8. The van der Waals surface area contributed by atoms with E-state index in [1.807, 2.05) is 30.5 Å². The van der Waals surface area contributed by atoms with E-state index in [1.165, 1.54) is 0 Å². The Labute approximate surface area is 115 Å². The van der Waals surface area contributed by atoms with E-state index < -0.39 is 10.8 Å².